The number of rotatable bonds is 7. The van der Waals surface area contributed by atoms with Gasteiger partial charge < -0.3 is 20.1 Å². The molecule has 1 aliphatic rings. The van der Waals surface area contributed by atoms with Crippen molar-refractivity contribution in [3.63, 3.8) is 0 Å². The second-order valence-electron chi connectivity index (χ2n) is 7.21. The van der Waals surface area contributed by atoms with Gasteiger partial charge >= 0.3 is 5.97 Å². The molecule has 182 valence electrons. The molecule has 2 N–H and O–H groups in total. The Morgan fingerprint density at radius 2 is 1.89 bits per heavy atom. The molecule has 0 spiro atoms. The summed E-state index contributed by atoms with van der Waals surface area (Å²) in [4.78, 5) is 38.0. The summed E-state index contributed by atoms with van der Waals surface area (Å²) < 4.78 is 10.7. The topological polar surface area (TPSA) is 118 Å². The average molecular weight is 599 g/mol. The van der Waals surface area contributed by atoms with Gasteiger partial charge in [0, 0.05) is 21.7 Å². The molecule has 0 fully saturated rings. The molecule has 0 unspecified atom stereocenters. The zero-order chi connectivity index (χ0) is 25.7. The van der Waals surface area contributed by atoms with Crippen molar-refractivity contribution < 1.29 is 23.9 Å². The van der Waals surface area contributed by atoms with Crippen LogP contribution in [0.15, 0.2) is 51.5 Å². The maximum absolute atomic E-state index is 12.9. The first-order valence-electron chi connectivity index (χ1n) is 9.93. The smallest absolute Gasteiger partial charge is 0.319 e. The van der Waals surface area contributed by atoms with E-state index >= 15 is 0 Å². The molecule has 8 nitrogen and oxygen atoms in total. The molecule has 3 rings (SSSR count). The highest BCUT2D eigenvalue weighted by Gasteiger charge is 2.44. The SMILES string of the molecule is COC(=O)[C@@H]1C(=O)NC(SCC(=O)Nc2cc(Cl)cc(Cl)c2)=C(C#N)[C@@H]1c1ccc(OC)c(Br)c1. The fourth-order valence-electron chi connectivity index (χ4n) is 3.52. The summed E-state index contributed by atoms with van der Waals surface area (Å²) in [7, 11) is 2.67. The van der Waals surface area contributed by atoms with Crippen molar-refractivity contribution in [2.75, 3.05) is 25.3 Å². The van der Waals surface area contributed by atoms with E-state index < -0.39 is 29.6 Å². The third kappa shape index (κ3) is 6.30. The number of allylic oxidation sites excluding steroid dienone is 1. The molecule has 0 bridgehead atoms. The van der Waals surface area contributed by atoms with Gasteiger partial charge in [-0.1, -0.05) is 41.0 Å². The lowest BCUT2D eigenvalue weighted by Crippen LogP contribution is -2.44. The van der Waals surface area contributed by atoms with E-state index in [1.54, 1.807) is 18.2 Å². The summed E-state index contributed by atoms with van der Waals surface area (Å²) in [5, 5.41) is 16.1. The van der Waals surface area contributed by atoms with Gasteiger partial charge in [0.1, 0.15) is 11.7 Å². The number of thioether (sulfide) groups is 1. The highest BCUT2D eigenvalue weighted by Crippen LogP contribution is 2.42. The number of benzene rings is 2. The summed E-state index contributed by atoms with van der Waals surface area (Å²) in [6, 6.07) is 11.7. The van der Waals surface area contributed by atoms with E-state index in [2.05, 4.69) is 32.6 Å². The van der Waals surface area contributed by atoms with E-state index in [-0.39, 0.29) is 16.4 Å². The first-order valence-corrected chi connectivity index (χ1v) is 12.5. The normalized spacial score (nSPS) is 17.3. The third-order valence-electron chi connectivity index (χ3n) is 5.01. The first kappa shape index (κ1) is 26.9. The van der Waals surface area contributed by atoms with E-state index in [0.29, 0.717) is 31.5 Å². The lowest BCUT2D eigenvalue weighted by molar-refractivity contribution is -0.150. The second-order valence-corrected chi connectivity index (χ2v) is 9.92. The number of esters is 1. The van der Waals surface area contributed by atoms with Crippen LogP contribution in [0.1, 0.15) is 11.5 Å². The number of halogens is 3. The molecule has 1 heterocycles. The van der Waals surface area contributed by atoms with Crippen molar-refractivity contribution in [1.82, 2.24) is 5.32 Å². The molecule has 2 aromatic carbocycles. The van der Waals surface area contributed by atoms with Crippen LogP contribution in [0.5, 0.6) is 5.75 Å². The molecular formula is C23H18BrCl2N3O5S. The number of nitrogens with zero attached hydrogens (tertiary/aromatic N) is 1. The summed E-state index contributed by atoms with van der Waals surface area (Å²) in [6.07, 6.45) is 0. The Kier molecular flexibility index (Phi) is 9.08. The monoisotopic (exact) mass is 597 g/mol. The van der Waals surface area contributed by atoms with Crippen LogP contribution in [0.4, 0.5) is 5.69 Å². The Balaban J connectivity index is 1.92. The van der Waals surface area contributed by atoms with Crippen molar-refractivity contribution in [3.05, 3.63) is 67.1 Å². The van der Waals surface area contributed by atoms with E-state index in [4.69, 9.17) is 32.7 Å². The van der Waals surface area contributed by atoms with Crippen molar-refractivity contribution in [3.8, 4) is 11.8 Å². The molecule has 0 saturated carbocycles. The van der Waals surface area contributed by atoms with Gasteiger partial charge in [-0.3, -0.25) is 14.4 Å². The van der Waals surface area contributed by atoms with Gasteiger partial charge in [-0.25, -0.2) is 0 Å². The minimum absolute atomic E-state index is 0.126. The van der Waals surface area contributed by atoms with Gasteiger partial charge in [0.15, 0.2) is 0 Å². The standard InChI is InChI=1S/C23H18BrCl2N3O5S/c1-33-17-4-3-11(5-16(17)24)19-15(9-27)22(29-21(31)20(19)23(32)34-2)35-10-18(30)28-14-7-12(25)6-13(26)8-14/h3-8,19-20H,10H2,1-2H3,(H,28,30)(H,29,31)/t19-,20-/m0/s1. The lowest BCUT2D eigenvalue weighted by atomic mass is 9.78. The Hall–Kier alpha value is -2.71. The van der Waals surface area contributed by atoms with Gasteiger partial charge in [-0.2, -0.15) is 5.26 Å². The summed E-state index contributed by atoms with van der Waals surface area (Å²) >= 11 is 16.3. The van der Waals surface area contributed by atoms with E-state index in [1.165, 1.54) is 32.4 Å². The molecule has 1 aliphatic heterocycles. The van der Waals surface area contributed by atoms with Crippen molar-refractivity contribution in [1.29, 1.82) is 5.26 Å². The quantitative estimate of drug-likeness (QED) is 0.345. The number of hydrogen-bond acceptors (Lipinski definition) is 7. The van der Waals surface area contributed by atoms with E-state index in [9.17, 15) is 19.6 Å². The molecule has 0 aliphatic carbocycles. The highest BCUT2D eigenvalue weighted by atomic mass is 79.9. The minimum atomic E-state index is -1.29. The Morgan fingerprint density at radius 3 is 2.46 bits per heavy atom. The maximum atomic E-state index is 12.9. The van der Waals surface area contributed by atoms with E-state index in [1.807, 2.05) is 0 Å². The second kappa shape index (κ2) is 11.8. The average Bonchev–Trinajstić information content (AvgIpc) is 2.81. The summed E-state index contributed by atoms with van der Waals surface area (Å²) in [5.41, 5.74) is 1.05. The van der Waals surface area contributed by atoms with Gasteiger partial charge in [-0.05, 0) is 51.8 Å². The van der Waals surface area contributed by atoms with Crippen LogP contribution in [0.3, 0.4) is 0 Å². The Labute approximate surface area is 224 Å². The zero-order valence-electron chi connectivity index (χ0n) is 18.4. The number of carbonyl (C=O) groups is 3. The number of carbonyl (C=O) groups excluding carboxylic acids is 3. The summed E-state index contributed by atoms with van der Waals surface area (Å²) in [5.74, 6) is -3.65. The van der Waals surface area contributed by atoms with Crippen LogP contribution in [-0.2, 0) is 19.1 Å². The molecule has 0 radical (unpaired) electrons. The predicted molar refractivity (Wildman–Crippen MR) is 137 cm³/mol. The fourth-order valence-corrected chi connectivity index (χ4v) is 5.45. The number of methoxy groups -OCH3 is 2. The number of ether oxygens (including phenoxy) is 2. The molecule has 2 aromatic rings. The van der Waals surface area contributed by atoms with Crippen LogP contribution < -0.4 is 15.4 Å². The molecule has 0 aromatic heterocycles. The highest BCUT2D eigenvalue weighted by molar-refractivity contribution is 9.10. The predicted octanol–water partition coefficient (Wildman–Crippen LogP) is 4.87. The largest absolute Gasteiger partial charge is 0.496 e. The van der Waals surface area contributed by atoms with Crippen LogP contribution in [0.2, 0.25) is 10.0 Å². The van der Waals surface area contributed by atoms with Crippen molar-refractivity contribution in [2.45, 2.75) is 5.92 Å². The first-order chi connectivity index (χ1) is 16.7. The number of amides is 2. The Bertz CT molecular complexity index is 1240. The van der Waals surface area contributed by atoms with Gasteiger partial charge in [-0.15, -0.1) is 0 Å². The Morgan fingerprint density at radius 1 is 1.20 bits per heavy atom. The minimum Gasteiger partial charge on any atom is -0.496 e. The fraction of sp³-hybridized carbons (Fsp3) is 0.217. The zero-order valence-corrected chi connectivity index (χ0v) is 22.3. The molecule has 2 amide bonds. The number of anilines is 1. The van der Waals surface area contributed by atoms with Gasteiger partial charge in [0.05, 0.1) is 41.1 Å². The van der Waals surface area contributed by atoms with Crippen LogP contribution in [-0.4, -0.2) is 37.8 Å². The molecular weight excluding hydrogens is 581 g/mol. The number of hydrogen-bond donors (Lipinski definition) is 2. The van der Waals surface area contributed by atoms with E-state index in [0.717, 1.165) is 11.8 Å². The third-order valence-corrected chi connectivity index (χ3v) is 7.09. The molecule has 35 heavy (non-hydrogen) atoms. The number of nitrogens with one attached hydrogen (secondary N) is 2. The molecule has 0 saturated heterocycles. The van der Waals surface area contributed by atoms with Gasteiger partial charge in [0.2, 0.25) is 11.8 Å². The molecule has 12 heteroatoms. The van der Waals surface area contributed by atoms with Crippen LogP contribution in [0, 0.1) is 17.2 Å². The lowest BCUT2D eigenvalue weighted by Gasteiger charge is -2.31. The van der Waals surface area contributed by atoms with Gasteiger partial charge in [0.25, 0.3) is 0 Å². The van der Waals surface area contributed by atoms with Crippen molar-refractivity contribution in [2.24, 2.45) is 5.92 Å². The van der Waals surface area contributed by atoms with Crippen molar-refractivity contribution >= 4 is 74.4 Å². The van der Waals surface area contributed by atoms with Crippen LogP contribution >= 0.6 is 50.9 Å². The maximum Gasteiger partial charge on any atom is 0.319 e. The van der Waals surface area contributed by atoms with Crippen LogP contribution in [0.25, 0.3) is 0 Å². The molecule has 2 atom stereocenters. The number of nitriles is 1. The summed E-state index contributed by atoms with van der Waals surface area (Å²) in [6.45, 7) is 0.